The lowest BCUT2D eigenvalue weighted by atomic mass is 10.1. The highest BCUT2D eigenvalue weighted by atomic mass is 16.5. The Hall–Kier alpha value is -1.06. The summed E-state index contributed by atoms with van der Waals surface area (Å²) in [6.45, 7) is 3.85. The summed E-state index contributed by atoms with van der Waals surface area (Å²) in [5.74, 6) is -0.429. The topological polar surface area (TPSA) is 46.6 Å². The molecule has 0 aromatic heterocycles. The van der Waals surface area contributed by atoms with Crippen LogP contribution in [0.25, 0.3) is 0 Å². The molecule has 0 bridgehead atoms. The molecule has 0 radical (unpaired) electrons. The molecule has 0 aromatic carbocycles. The van der Waals surface area contributed by atoms with Gasteiger partial charge in [-0.05, 0) is 12.8 Å². The molecular weight excluding hydrogens is 206 g/mol. The van der Waals surface area contributed by atoms with E-state index in [9.17, 15) is 9.59 Å². The fraction of sp³-hybridized carbons (Fsp3) is 0.833. The van der Waals surface area contributed by atoms with Gasteiger partial charge >= 0.3 is 5.97 Å². The van der Waals surface area contributed by atoms with Gasteiger partial charge in [-0.1, -0.05) is 19.8 Å². The Bertz CT molecular complexity index is 259. The van der Waals surface area contributed by atoms with Crippen LogP contribution in [0.5, 0.6) is 0 Å². The molecule has 4 nitrogen and oxygen atoms in total. The van der Waals surface area contributed by atoms with Gasteiger partial charge < -0.3 is 9.64 Å². The van der Waals surface area contributed by atoms with E-state index in [4.69, 9.17) is 0 Å². The van der Waals surface area contributed by atoms with E-state index in [-0.39, 0.29) is 17.8 Å². The highest BCUT2D eigenvalue weighted by Crippen LogP contribution is 2.24. The normalized spacial score (nSPS) is 18.2. The Kier molecular flexibility index (Phi) is 4.77. The van der Waals surface area contributed by atoms with E-state index in [0.717, 1.165) is 12.8 Å². The molecule has 4 heteroatoms. The van der Waals surface area contributed by atoms with Gasteiger partial charge in [0.1, 0.15) is 0 Å². The molecule has 16 heavy (non-hydrogen) atoms. The van der Waals surface area contributed by atoms with E-state index >= 15 is 0 Å². The average molecular weight is 227 g/mol. The van der Waals surface area contributed by atoms with Crippen LogP contribution in [0.4, 0.5) is 0 Å². The Labute approximate surface area is 96.9 Å². The lowest BCUT2D eigenvalue weighted by Crippen LogP contribution is -2.41. The molecule has 0 heterocycles. The van der Waals surface area contributed by atoms with E-state index in [1.54, 1.807) is 13.8 Å². The highest BCUT2D eigenvalue weighted by Gasteiger charge is 2.27. The van der Waals surface area contributed by atoms with Crippen LogP contribution < -0.4 is 0 Å². The second-order valence-corrected chi connectivity index (χ2v) is 4.53. The van der Waals surface area contributed by atoms with Gasteiger partial charge in [0.2, 0.25) is 5.91 Å². The molecule has 0 N–H and O–H groups in total. The summed E-state index contributed by atoms with van der Waals surface area (Å²) in [7, 11) is 1.38. The number of carbonyl (C=O) groups is 2. The summed E-state index contributed by atoms with van der Waals surface area (Å²) in [4.78, 5) is 24.7. The van der Waals surface area contributed by atoms with Crippen LogP contribution in [0.1, 0.15) is 39.5 Å². The third-order valence-electron chi connectivity index (χ3n) is 3.24. The number of rotatable bonds is 4. The van der Waals surface area contributed by atoms with Crippen LogP contribution in [0.2, 0.25) is 0 Å². The van der Waals surface area contributed by atoms with E-state index in [0.29, 0.717) is 12.6 Å². The van der Waals surface area contributed by atoms with Gasteiger partial charge in [-0.3, -0.25) is 9.59 Å². The molecule has 1 unspecified atom stereocenters. The number of carbonyl (C=O) groups excluding carboxylic acids is 2. The smallest absolute Gasteiger partial charge is 0.310 e. The second-order valence-electron chi connectivity index (χ2n) is 4.53. The van der Waals surface area contributed by atoms with Crippen molar-refractivity contribution in [2.45, 2.75) is 45.6 Å². The van der Waals surface area contributed by atoms with Crippen molar-refractivity contribution >= 4 is 11.9 Å². The summed E-state index contributed by atoms with van der Waals surface area (Å²) in [6.07, 6.45) is 4.49. The van der Waals surface area contributed by atoms with Gasteiger partial charge in [0.15, 0.2) is 0 Å². The number of ether oxygens (including phenoxy) is 1. The van der Waals surface area contributed by atoms with Gasteiger partial charge in [0.05, 0.1) is 13.0 Å². The van der Waals surface area contributed by atoms with E-state index in [1.165, 1.54) is 20.0 Å². The minimum absolute atomic E-state index is 0.0580. The first-order valence-electron chi connectivity index (χ1n) is 5.91. The number of hydrogen-bond acceptors (Lipinski definition) is 3. The molecule has 1 aliphatic carbocycles. The minimum Gasteiger partial charge on any atom is -0.469 e. The Balaban J connectivity index is 2.57. The fourth-order valence-corrected chi connectivity index (χ4v) is 2.32. The molecule has 0 saturated heterocycles. The summed E-state index contributed by atoms with van der Waals surface area (Å²) < 4.78 is 4.68. The Morgan fingerprint density at radius 1 is 1.38 bits per heavy atom. The number of methoxy groups -OCH3 is 1. The van der Waals surface area contributed by atoms with Crippen molar-refractivity contribution < 1.29 is 14.3 Å². The van der Waals surface area contributed by atoms with Crippen LogP contribution in [0, 0.1) is 5.92 Å². The van der Waals surface area contributed by atoms with Crippen molar-refractivity contribution in [2.24, 2.45) is 5.92 Å². The monoisotopic (exact) mass is 227 g/mol. The quantitative estimate of drug-likeness (QED) is 0.685. The first-order valence-corrected chi connectivity index (χ1v) is 5.91. The van der Waals surface area contributed by atoms with Gasteiger partial charge in [0, 0.05) is 19.5 Å². The van der Waals surface area contributed by atoms with Gasteiger partial charge in [-0.15, -0.1) is 0 Å². The molecular formula is C12H21NO3. The lowest BCUT2D eigenvalue weighted by molar-refractivity contribution is -0.146. The summed E-state index contributed by atoms with van der Waals surface area (Å²) in [5, 5.41) is 0. The largest absolute Gasteiger partial charge is 0.469 e. The predicted molar refractivity (Wildman–Crippen MR) is 60.8 cm³/mol. The molecule has 0 aliphatic heterocycles. The first kappa shape index (κ1) is 13.0. The zero-order valence-corrected chi connectivity index (χ0v) is 10.4. The van der Waals surface area contributed by atoms with E-state index in [1.807, 2.05) is 4.90 Å². The standard InChI is InChI=1S/C12H21NO3/c1-9(12(15)16-3)8-13(10(2)14)11-6-4-5-7-11/h9,11H,4-8H2,1-3H3. The SMILES string of the molecule is COC(=O)C(C)CN(C(C)=O)C1CCCC1. The van der Waals surface area contributed by atoms with Crippen molar-refractivity contribution in [3.8, 4) is 0 Å². The van der Waals surface area contributed by atoms with E-state index in [2.05, 4.69) is 4.74 Å². The maximum atomic E-state index is 11.6. The van der Waals surface area contributed by atoms with Crippen molar-refractivity contribution in [3.05, 3.63) is 0 Å². The second kappa shape index (κ2) is 5.87. The van der Waals surface area contributed by atoms with Crippen molar-refractivity contribution in [3.63, 3.8) is 0 Å². The molecule has 1 saturated carbocycles. The fourth-order valence-electron chi connectivity index (χ4n) is 2.32. The zero-order valence-electron chi connectivity index (χ0n) is 10.4. The molecule has 1 atom stereocenters. The molecule has 0 spiro atoms. The van der Waals surface area contributed by atoms with Gasteiger partial charge in [-0.2, -0.15) is 0 Å². The predicted octanol–water partition coefficient (Wildman–Crippen LogP) is 1.59. The first-order chi connectivity index (χ1) is 7.56. The van der Waals surface area contributed by atoms with Crippen LogP contribution in [-0.2, 0) is 14.3 Å². The minimum atomic E-state index is -0.246. The van der Waals surface area contributed by atoms with Gasteiger partial charge in [-0.25, -0.2) is 0 Å². The van der Waals surface area contributed by atoms with Gasteiger partial charge in [0.25, 0.3) is 0 Å². The molecule has 92 valence electrons. The van der Waals surface area contributed by atoms with Crippen LogP contribution in [0.3, 0.4) is 0 Å². The van der Waals surface area contributed by atoms with Crippen molar-refractivity contribution in [1.82, 2.24) is 4.90 Å². The molecule has 1 rings (SSSR count). The number of esters is 1. The Morgan fingerprint density at radius 2 is 1.94 bits per heavy atom. The average Bonchev–Trinajstić information content (AvgIpc) is 2.76. The van der Waals surface area contributed by atoms with Crippen LogP contribution >= 0.6 is 0 Å². The molecule has 1 fully saturated rings. The van der Waals surface area contributed by atoms with Crippen LogP contribution in [0.15, 0.2) is 0 Å². The molecule has 1 aliphatic rings. The highest BCUT2D eigenvalue weighted by molar-refractivity contribution is 5.76. The maximum absolute atomic E-state index is 11.6. The van der Waals surface area contributed by atoms with E-state index < -0.39 is 0 Å². The summed E-state index contributed by atoms with van der Waals surface area (Å²) >= 11 is 0. The Morgan fingerprint density at radius 3 is 2.38 bits per heavy atom. The molecule has 1 amide bonds. The maximum Gasteiger partial charge on any atom is 0.310 e. The zero-order chi connectivity index (χ0) is 12.1. The van der Waals surface area contributed by atoms with Crippen LogP contribution in [-0.4, -0.2) is 36.5 Å². The summed E-state index contributed by atoms with van der Waals surface area (Å²) in [6, 6.07) is 0.324. The molecule has 0 aromatic rings. The van der Waals surface area contributed by atoms with Crippen molar-refractivity contribution in [1.29, 1.82) is 0 Å². The van der Waals surface area contributed by atoms with Crippen molar-refractivity contribution in [2.75, 3.05) is 13.7 Å². The third-order valence-corrected chi connectivity index (χ3v) is 3.24. The number of amides is 1. The number of hydrogen-bond donors (Lipinski definition) is 0. The number of nitrogens with zero attached hydrogens (tertiary/aromatic N) is 1. The third kappa shape index (κ3) is 3.22. The lowest BCUT2D eigenvalue weighted by Gasteiger charge is -2.29. The summed E-state index contributed by atoms with van der Waals surface area (Å²) in [5.41, 5.74) is 0.